The maximum absolute atomic E-state index is 13.4. The fraction of sp³-hybridized carbons (Fsp3) is 0.519. The minimum Gasteiger partial charge on any atom is -0.379 e. The van der Waals surface area contributed by atoms with Crippen molar-refractivity contribution >= 4 is 37.3 Å². The van der Waals surface area contributed by atoms with Gasteiger partial charge >= 0.3 is 0 Å². The molecule has 5 rings (SSSR count). The number of carbonyl (C=O) groups is 1. The Bertz CT molecular complexity index is 1410. The molecule has 0 radical (unpaired) electrons. The van der Waals surface area contributed by atoms with Crippen molar-refractivity contribution in [2.45, 2.75) is 29.6 Å². The summed E-state index contributed by atoms with van der Waals surface area (Å²) < 4.78 is 66.5. The third kappa shape index (κ3) is 6.19. The first-order valence-electron chi connectivity index (χ1n) is 13.6. The molecule has 0 atom stereocenters. The Morgan fingerprint density at radius 2 is 1.27 bits per heavy atom. The first-order chi connectivity index (χ1) is 19.2. The molecule has 3 heterocycles. The second-order valence-electron chi connectivity index (χ2n) is 10.3. The molecule has 1 N–H and O–H groups in total. The van der Waals surface area contributed by atoms with Gasteiger partial charge in [-0.2, -0.15) is 8.61 Å². The van der Waals surface area contributed by atoms with Crippen LogP contribution in [0.2, 0.25) is 0 Å². The van der Waals surface area contributed by atoms with Crippen LogP contribution in [0, 0.1) is 12.8 Å². The Balaban J connectivity index is 1.32. The number of rotatable bonds is 7. The molecule has 0 aliphatic carbocycles. The number of amides is 1. The number of aryl methyl sites for hydroxylation is 1. The van der Waals surface area contributed by atoms with Crippen molar-refractivity contribution in [1.82, 2.24) is 8.61 Å². The van der Waals surface area contributed by atoms with Gasteiger partial charge in [-0.05, 0) is 50.1 Å². The number of sulfonamides is 2. The van der Waals surface area contributed by atoms with E-state index >= 15 is 0 Å². The minimum absolute atomic E-state index is 0.112. The summed E-state index contributed by atoms with van der Waals surface area (Å²) in [6.07, 6.45) is 0.741. The van der Waals surface area contributed by atoms with Crippen LogP contribution in [-0.2, 0) is 34.3 Å². The van der Waals surface area contributed by atoms with E-state index in [1.165, 1.54) is 14.7 Å². The van der Waals surface area contributed by atoms with Crippen LogP contribution in [0.3, 0.4) is 0 Å². The van der Waals surface area contributed by atoms with Gasteiger partial charge in [-0.15, -0.1) is 0 Å². The van der Waals surface area contributed by atoms with Gasteiger partial charge in [0.05, 0.1) is 47.6 Å². The van der Waals surface area contributed by atoms with Gasteiger partial charge in [-0.25, -0.2) is 16.8 Å². The number of morpholine rings is 2. The molecule has 13 heteroatoms. The molecule has 3 aliphatic heterocycles. The molecule has 1 amide bonds. The third-order valence-corrected chi connectivity index (χ3v) is 11.5. The number of ether oxygens (including phenoxy) is 2. The molecule has 2 aromatic rings. The van der Waals surface area contributed by atoms with E-state index in [1.54, 1.807) is 36.4 Å². The second-order valence-corrected chi connectivity index (χ2v) is 14.2. The van der Waals surface area contributed by atoms with E-state index in [0.29, 0.717) is 58.0 Å². The average Bonchev–Trinajstić information content (AvgIpc) is 2.98. The number of benzene rings is 2. The highest BCUT2D eigenvalue weighted by atomic mass is 32.2. The van der Waals surface area contributed by atoms with Crippen LogP contribution in [-0.4, -0.2) is 97.0 Å². The zero-order chi connectivity index (χ0) is 28.3. The molecule has 2 aromatic carbocycles. The zero-order valence-corrected chi connectivity index (χ0v) is 24.3. The predicted molar refractivity (Wildman–Crippen MR) is 150 cm³/mol. The number of anilines is 2. The third-order valence-electron chi connectivity index (χ3n) is 7.67. The van der Waals surface area contributed by atoms with Crippen molar-refractivity contribution in [1.29, 1.82) is 0 Å². The lowest BCUT2D eigenvalue weighted by Crippen LogP contribution is -2.42. The predicted octanol–water partition coefficient (Wildman–Crippen LogP) is 1.89. The van der Waals surface area contributed by atoms with E-state index in [-0.39, 0.29) is 41.9 Å². The van der Waals surface area contributed by atoms with E-state index < -0.39 is 26.0 Å². The minimum atomic E-state index is -3.76. The molecular weight excluding hydrogens is 556 g/mol. The Morgan fingerprint density at radius 1 is 0.750 bits per heavy atom. The zero-order valence-electron chi connectivity index (χ0n) is 22.6. The van der Waals surface area contributed by atoms with Crippen LogP contribution in [0.15, 0.2) is 52.3 Å². The molecule has 0 aromatic heterocycles. The largest absolute Gasteiger partial charge is 0.379 e. The quantitative estimate of drug-likeness (QED) is 0.517. The van der Waals surface area contributed by atoms with Gasteiger partial charge in [-0.1, -0.05) is 17.7 Å². The number of hydrogen-bond donors (Lipinski definition) is 1. The van der Waals surface area contributed by atoms with Crippen LogP contribution >= 0.6 is 0 Å². The summed E-state index contributed by atoms with van der Waals surface area (Å²) in [5.41, 5.74) is 2.14. The summed E-state index contributed by atoms with van der Waals surface area (Å²) in [4.78, 5) is 15.9. The lowest BCUT2D eigenvalue weighted by molar-refractivity contribution is -0.120. The average molecular weight is 593 g/mol. The fourth-order valence-electron chi connectivity index (χ4n) is 5.24. The highest BCUT2D eigenvalue weighted by Gasteiger charge is 2.33. The van der Waals surface area contributed by atoms with E-state index in [2.05, 4.69) is 10.2 Å². The summed E-state index contributed by atoms with van der Waals surface area (Å²) in [5.74, 6) is -0.649. The number of hydrogen-bond acceptors (Lipinski definition) is 8. The van der Waals surface area contributed by atoms with Crippen LogP contribution in [0.5, 0.6) is 0 Å². The summed E-state index contributed by atoms with van der Waals surface area (Å²) in [6, 6.07) is 11.6. The van der Waals surface area contributed by atoms with Crippen LogP contribution in [0.1, 0.15) is 18.4 Å². The maximum Gasteiger partial charge on any atom is 0.243 e. The number of nitrogens with one attached hydrogen (secondary N) is 1. The van der Waals surface area contributed by atoms with Gasteiger partial charge in [0.15, 0.2) is 0 Å². The van der Waals surface area contributed by atoms with Gasteiger partial charge in [-0.3, -0.25) is 4.79 Å². The molecule has 11 nitrogen and oxygen atoms in total. The fourth-order valence-corrected chi connectivity index (χ4v) is 8.15. The standard InChI is InChI=1S/C27H36N4O7S2/c1-21-2-4-23(5-3-21)39(33,34)30-10-8-22(9-11-30)27(32)28-25-20-24(40(35,36)31-14-18-38-19-15-31)6-7-26(25)29-12-16-37-17-13-29/h2-7,20,22H,8-19H2,1H3,(H,28,32). The first kappa shape index (κ1) is 29.0. The summed E-state index contributed by atoms with van der Waals surface area (Å²) in [6.45, 7) is 5.91. The number of piperidine rings is 1. The molecule has 0 spiro atoms. The number of carbonyl (C=O) groups excluding carboxylic acids is 1. The lowest BCUT2D eigenvalue weighted by atomic mass is 9.97. The smallest absolute Gasteiger partial charge is 0.243 e. The SMILES string of the molecule is Cc1ccc(S(=O)(=O)N2CCC(C(=O)Nc3cc(S(=O)(=O)N4CCOCC4)ccc3N3CCOCC3)CC2)cc1. The summed E-state index contributed by atoms with van der Waals surface area (Å²) in [7, 11) is -7.40. The van der Waals surface area contributed by atoms with Gasteiger partial charge in [0.25, 0.3) is 0 Å². The molecular formula is C27H36N4O7S2. The van der Waals surface area contributed by atoms with Crippen LogP contribution in [0.4, 0.5) is 11.4 Å². The van der Waals surface area contributed by atoms with E-state index in [9.17, 15) is 21.6 Å². The van der Waals surface area contributed by atoms with Crippen molar-refractivity contribution < 1.29 is 31.1 Å². The van der Waals surface area contributed by atoms with E-state index in [1.807, 2.05) is 6.92 Å². The van der Waals surface area contributed by atoms with Crippen LogP contribution in [0.25, 0.3) is 0 Å². The number of nitrogens with zero attached hydrogens (tertiary/aromatic N) is 3. The maximum atomic E-state index is 13.4. The highest BCUT2D eigenvalue weighted by Crippen LogP contribution is 2.33. The topological polar surface area (TPSA) is 126 Å². The van der Waals surface area contributed by atoms with Crippen molar-refractivity contribution in [3.63, 3.8) is 0 Å². The summed E-state index contributed by atoms with van der Waals surface area (Å²) >= 11 is 0. The molecule has 3 saturated heterocycles. The highest BCUT2D eigenvalue weighted by molar-refractivity contribution is 7.89. The molecule has 0 saturated carbocycles. The Morgan fingerprint density at radius 3 is 1.90 bits per heavy atom. The van der Waals surface area contributed by atoms with Gasteiger partial charge in [0.2, 0.25) is 26.0 Å². The molecule has 3 aliphatic rings. The summed E-state index contributed by atoms with van der Waals surface area (Å²) in [5, 5.41) is 2.99. The first-order valence-corrected chi connectivity index (χ1v) is 16.5. The van der Waals surface area contributed by atoms with Crippen molar-refractivity contribution in [2.75, 3.05) is 75.9 Å². The van der Waals surface area contributed by atoms with Gasteiger partial charge < -0.3 is 19.7 Å². The Kier molecular flexibility index (Phi) is 8.78. The van der Waals surface area contributed by atoms with Crippen molar-refractivity contribution in [2.24, 2.45) is 5.92 Å². The normalized spacial score (nSPS) is 20.4. The Hall–Kier alpha value is -2.55. The second kappa shape index (κ2) is 12.1. The lowest BCUT2D eigenvalue weighted by Gasteiger charge is -2.33. The van der Waals surface area contributed by atoms with Crippen LogP contribution < -0.4 is 10.2 Å². The van der Waals surface area contributed by atoms with Crippen molar-refractivity contribution in [3.05, 3.63) is 48.0 Å². The van der Waals surface area contributed by atoms with E-state index in [0.717, 1.165) is 11.3 Å². The monoisotopic (exact) mass is 592 g/mol. The van der Waals surface area contributed by atoms with Gasteiger partial charge in [0.1, 0.15) is 0 Å². The van der Waals surface area contributed by atoms with Crippen molar-refractivity contribution in [3.8, 4) is 0 Å². The van der Waals surface area contributed by atoms with E-state index in [4.69, 9.17) is 9.47 Å². The molecule has 218 valence electrons. The molecule has 0 bridgehead atoms. The van der Waals surface area contributed by atoms with Gasteiger partial charge in [0, 0.05) is 45.2 Å². The molecule has 0 unspecified atom stereocenters. The Labute approximate surface area is 236 Å². The molecule has 3 fully saturated rings. The molecule has 40 heavy (non-hydrogen) atoms.